The molecule has 59 heavy (non-hydrogen) atoms. The van der Waals surface area contributed by atoms with Gasteiger partial charge in [-0.25, -0.2) is 4.39 Å². The van der Waals surface area contributed by atoms with Gasteiger partial charge in [0, 0.05) is 71.1 Å². The standard InChI is InChI=1S/C43H53FN4O10S/c1-52-16-17-54-20-21-56-23-22-55-19-18-53-15-9-42(51)57-30-41(50)48-13-11-47(12-14-48)29-33-4-6-36(46-28-33)40-27-37-43(59-40)39(8-10-45-37)58-38-7-5-32(26-35(38)44)25-34(49)24-31-2-3-31/h4-8,10,26-28,31H,2-3,9,11-25,29-30H2,1H3. The van der Waals surface area contributed by atoms with Crippen LogP contribution in [0, 0.1) is 11.7 Å². The van der Waals surface area contributed by atoms with Gasteiger partial charge in [-0.15, -0.1) is 11.3 Å². The van der Waals surface area contributed by atoms with Gasteiger partial charge in [0.2, 0.25) is 0 Å². The van der Waals surface area contributed by atoms with Gasteiger partial charge in [-0.05, 0) is 54.2 Å². The molecule has 14 nitrogen and oxygen atoms in total. The summed E-state index contributed by atoms with van der Waals surface area (Å²) in [6, 6.07) is 12.4. The van der Waals surface area contributed by atoms with Crippen LogP contribution in [-0.2, 0) is 55.8 Å². The summed E-state index contributed by atoms with van der Waals surface area (Å²) in [4.78, 5) is 51.2. The third-order valence-electron chi connectivity index (χ3n) is 9.77. The summed E-state index contributed by atoms with van der Waals surface area (Å²) in [6.45, 7) is 6.70. The number of rotatable bonds is 26. The van der Waals surface area contributed by atoms with Crippen molar-refractivity contribution in [2.45, 2.75) is 38.6 Å². The van der Waals surface area contributed by atoms with Gasteiger partial charge in [0.1, 0.15) is 11.5 Å². The molecule has 1 amide bonds. The topological polar surface area (TPSA) is 148 Å². The Morgan fingerprint density at radius 3 is 2.15 bits per heavy atom. The molecular formula is C43H53FN4O10S. The van der Waals surface area contributed by atoms with E-state index in [2.05, 4.69) is 9.88 Å². The lowest BCUT2D eigenvalue weighted by atomic mass is 10.0. The minimum atomic E-state index is -0.513. The summed E-state index contributed by atoms with van der Waals surface area (Å²) in [5.41, 5.74) is 3.19. The second kappa shape index (κ2) is 23.4. The van der Waals surface area contributed by atoms with Gasteiger partial charge >= 0.3 is 5.97 Å². The SMILES string of the molecule is COCCOCCOCCOCCOCCC(=O)OCC(=O)N1CCN(Cc2ccc(-c3cc4nccc(Oc5ccc(CC(=O)CC6CC6)cc5F)c4s3)nc2)CC1. The highest BCUT2D eigenvalue weighted by Crippen LogP contribution is 2.39. The number of ketones is 1. The lowest BCUT2D eigenvalue weighted by molar-refractivity contribution is -0.153. The molecule has 0 bridgehead atoms. The molecule has 1 aromatic carbocycles. The molecule has 16 heteroatoms. The maximum atomic E-state index is 15.1. The third kappa shape index (κ3) is 14.7. The molecule has 2 aliphatic rings. The molecule has 1 saturated heterocycles. The van der Waals surface area contributed by atoms with Crippen molar-refractivity contribution < 1.29 is 51.9 Å². The smallest absolute Gasteiger partial charge is 0.308 e. The maximum absolute atomic E-state index is 15.1. The Labute approximate surface area is 347 Å². The van der Waals surface area contributed by atoms with Gasteiger partial charge in [0.25, 0.3) is 5.91 Å². The number of piperazine rings is 1. The minimum absolute atomic E-state index is 0.0528. The zero-order valence-electron chi connectivity index (χ0n) is 33.6. The van der Waals surface area contributed by atoms with E-state index in [0.717, 1.165) is 39.2 Å². The van der Waals surface area contributed by atoms with E-state index >= 15 is 4.39 Å². The zero-order valence-corrected chi connectivity index (χ0v) is 34.4. The normalized spacial score (nSPS) is 14.5. The predicted octanol–water partition coefficient (Wildman–Crippen LogP) is 5.49. The van der Waals surface area contributed by atoms with E-state index in [1.165, 1.54) is 17.4 Å². The largest absolute Gasteiger partial charge is 0.455 e. The highest BCUT2D eigenvalue weighted by molar-refractivity contribution is 7.22. The molecule has 0 spiro atoms. The van der Waals surface area contributed by atoms with Crippen LogP contribution in [-0.4, -0.2) is 137 Å². The van der Waals surface area contributed by atoms with Gasteiger partial charge in [0.05, 0.1) is 86.7 Å². The molecule has 3 aromatic heterocycles. The van der Waals surface area contributed by atoms with Crippen molar-refractivity contribution in [3.8, 4) is 22.1 Å². The molecule has 0 N–H and O–H groups in total. The molecule has 4 aromatic rings. The van der Waals surface area contributed by atoms with Crippen LogP contribution in [0.1, 0.15) is 36.8 Å². The average molecular weight is 837 g/mol. The van der Waals surface area contributed by atoms with E-state index in [0.29, 0.717) is 109 Å². The van der Waals surface area contributed by atoms with Crippen molar-refractivity contribution in [2.75, 3.05) is 99.4 Å². The Kier molecular flexibility index (Phi) is 17.5. The Balaban J connectivity index is 0.855. The number of carbonyl (C=O) groups is 3. The van der Waals surface area contributed by atoms with Crippen molar-refractivity contribution in [3.63, 3.8) is 0 Å². The number of hydrogen-bond donors (Lipinski definition) is 0. The number of thiophene rings is 1. The fourth-order valence-electron chi connectivity index (χ4n) is 6.36. The maximum Gasteiger partial charge on any atom is 0.308 e. The van der Waals surface area contributed by atoms with Crippen LogP contribution < -0.4 is 4.74 Å². The number of esters is 1. The van der Waals surface area contributed by atoms with E-state index in [9.17, 15) is 14.4 Å². The van der Waals surface area contributed by atoms with Crippen LogP contribution in [0.3, 0.4) is 0 Å². The van der Waals surface area contributed by atoms with Crippen molar-refractivity contribution in [2.24, 2.45) is 5.92 Å². The molecule has 0 unspecified atom stereocenters. The molecule has 1 aliphatic carbocycles. The Hall–Kier alpha value is -4.42. The number of amides is 1. The van der Waals surface area contributed by atoms with Crippen molar-refractivity contribution >= 4 is 39.2 Å². The number of carbonyl (C=O) groups excluding carboxylic acids is 3. The van der Waals surface area contributed by atoms with Crippen LogP contribution in [0.5, 0.6) is 11.5 Å². The first kappa shape index (κ1) is 44.1. The summed E-state index contributed by atoms with van der Waals surface area (Å²) in [5, 5.41) is 0. The van der Waals surface area contributed by atoms with E-state index in [1.54, 1.807) is 36.4 Å². The van der Waals surface area contributed by atoms with Crippen LogP contribution in [0.2, 0.25) is 0 Å². The molecule has 0 atom stereocenters. The highest BCUT2D eigenvalue weighted by atomic mass is 32.1. The molecule has 318 valence electrons. The van der Waals surface area contributed by atoms with Gasteiger partial charge in [-0.2, -0.15) is 0 Å². The van der Waals surface area contributed by atoms with Crippen LogP contribution in [0.15, 0.2) is 54.9 Å². The van der Waals surface area contributed by atoms with Gasteiger partial charge in [0.15, 0.2) is 18.2 Å². The Bertz CT molecular complexity index is 1950. The number of benzene rings is 1. The number of methoxy groups -OCH3 is 1. The predicted molar refractivity (Wildman–Crippen MR) is 218 cm³/mol. The lowest BCUT2D eigenvalue weighted by Gasteiger charge is -2.34. The van der Waals surface area contributed by atoms with Gasteiger partial charge in [-0.1, -0.05) is 12.1 Å². The minimum Gasteiger partial charge on any atom is -0.455 e. The summed E-state index contributed by atoms with van der Waals surface area (Å²) >= 11 is 1.47. The average Bonchev–Trinajstić information content (AvgIpc) is 3.94. The molecule has 4 heterocycles. The molecule has 6 rings (SSSR count). The van der Waals surface area contributed by atoms with E-state index < -0.39 is 11.8 Å². The monoisotopic (exact) mass is 836 g/mol. The van der Waals surface area contributed by atoms with Crippen molar-refractivity contribution in [1.82, 2.24) is 19.8 Å². The number of pyridine rings is 2. The summed E-state index contributed by atoms with van der Waals surface area (Å²) in [7, 11) is 1.62. The highest BCUT2D eigenvalue weighted by Gasteiger charge is 2.25. The van der Waals surface area contributed by atoms with Crippen LogP contribution in [0.25, 0.3) is 20.8 Å². The molecule has 1 saturated carbocycles. The fraction of sp³-hybridized carbons (Fsp3) is 0.512. The van der Waals surface area contributed by atoms with Crippen molar-refractivity contribution in [3.05, 3.63) is 71.8 Å². The summed E-state index contributed by atoms with van der Waals surface area (Å²) < 4.78 is 53.5. The number of ether oxygens (including phenoxy) is 7. The van der Waals surface area contributed by atoms with Gasteiger partial charge < -0.3 is 38.1 Å². The number of nitrogens with zero attached hydrogens (tertiary/aromatic N) is 4. The first-order chi connectivity index (χ1) is 28.8. The molecule has 2 fully saturated rings. The van der Waals surface area contributed by atoms with Crippen LogP contribution in [0.4, 0.5) is 4.39 Å². The molecule has 0 radical (unpaired) electrons. The number of halogens is 1. The van der Waals surface area contributed by atoms with Gasteiger partial charge in [-0.3, -0.25) is 29.3 Å². The van der Waals surface area contributed by atoms with E-state index in [-0.39, 0.29) is 43.5 Å². The quantitative estimate of drug-likeness (QED) is 0.0581. The Morgan fingerprint density at radius 2 is 1.49 bits per heavy atom. The first-order valence-electron chi connectivity index (χ1n) is 20.1. The lowest BCUT2D eigenvalue weighted by Crippen LogP contribution is -2.49. The zero-order chi connectivity index (χ0) is 41.2. The number of hydrogen-bond acceptors (Lipinski definition) is 14. The molecule has 1 aliphatic heterocycles. The van der Waals surface area contributed by atoms with Crippen LogP contribution >= 0.6 is 11.3 Å². The van der Waals surface area contributed by atoms with Crippen molar-refractivity contribution in [1.29, 1.82) is 0 Å². The summed E-state index contributed by atoms with van der Waals surface area (Å²) in [6.07, 6.45) is 6.55. The number of fused-ring (bicyclic) bond motifs is 1. The third-order valence-corrected chi connectivity index (χ3v) is 10.9. The first-order valence-corrected chi connectivity index (χ1v) is 20.9. The second-order valence-electron chi connectivity index (χ2n) is 14.4. The number of aromatic nitrogens is 2. The summed E-state index contributed by atoms with van der Waals surface area (Å²) in [5.74, 6) is 0.0129. The Morgan fingerprint density at radius 1 is 0.797 bits per heavy atom. The molecular weight excluding hydrogens is 784 g/mol. The number of Topliss-reactive ketones (excluding diaryl/α,β-unsaturated/α-hetero) is 1. The van der Waals surface area contributed by atoms with E-state index in [4.69, 9.17) is 38.1 Å². The second-order valence-corrected chi connectivity index (χ2v) is 15.5. The fourth-order valence-corrected chi connectivity index (χ4v) is 7.41. The van der Waals surface area contributed by atoms with E-state index in [1.807, 2.05) is 24.4 Å².